The molecule has 1 heterocycles. The predicted octanol–water partition coefficient (Wildman–Crippen LogP) is 4.96. The Morgan fingerprint density at radius 1 is 0.960 bits per heavy atom. The van der Waals surface area contributed by atoms with Crippen LogP contribution in [0.15, 0.2) is 53.4 Å². The van der Waals surface area contributed by atoms with Crippen molar-refractivity contribution in [3.8, 4) is 21.7 Å². The number of rotatable bonds is 4. The van der Waals surface area contributed by atoms with Crippen LogP contribution in [0.2, 0.25) is 0 Å². The number of nitrogens with zero attached hydrogens (tertiary/aromatic N) is 1. The Labute approximate surface area is 146 Å². The van der Waals surface area contributed by atoms with Crippen molar-refractivity contribution in [2.24, 2.45) is 0 Å². The number of hydrogen-bond acceptors (Lipinski definition) is 4. The quantitative estimate of drug-likeness (QED) is 0.640. The summed E-state index contributed by atoms with van der Waals surface area (Å²) < 4.78 is 62.4. The fourth-order valence-corrected chi connectivity index (χ4v) is 3.86. The van der Waals surface area contributed by atoms with Crippen LogP contribution >= 0.6 is 11.3 Å². The summed E-state index contributed by atoms with van der Waals surface area (Å²) in [6, 6.07) is 11.3. The summed E-state index contributed by atoms with van der Waals surface area (Å²) in [4.78, 5) is 4.60. The first kappa shape index (κ1) is 17.6. The van der Waals surface area contributed by atoms with Crippen LogP contribution in [-0.4, -0.2) is 19.7 Å². The van der Waals surface area contributed by atoms with E-state index in [-0.39, 0.29) is 9.90 Å². The molecule has 0 aliphatic heterocycles. The molecular weight excluding hydrogens is 371 g/mol. The Morgan fingerprint density at radius 3 is 2.04 bits per heavy atom. The van der Waals surface area contributed by atoms with Gasteiger partial charge in [0.25, 0.3) is 6.43 Å². The van der Waals surface area contributed by atoms with Crippen LogP contribution in [0.4, 0.5) is 13.2 Å². The Kier molecular flexibility index (Phi) is 4.66. The number of thiazole rings is 1. The zero-order chi connectivity index (χ0) is 18.2. The lowest BCUT2D eigenvalue weighted by Crippen LogP contribution is -1.96. The molecule has 0 atom stereocenters. The van der Waals surface area contributed by atoms with E-state index in [9.17, 15) is 21.6 Å². The van der Waals surface area contributed by atoms with E-state index in [1.165, 1.54) is 36.4 Å². The van der Waals surface area contributed by atoms with Crippen molar-refractivity contribution in [1.29, 1.82) is 0 Å². The fraction of sp³-hybridized carbons (Fsp3) is 0.118. The zero-order valence-electron chi connectivity index (χ0n) is 12.9. The summed E-state index contributed by atoms with van der Waals surface area (Å²) in [7, 11) is -3.35. The molecule has 25 heavy (non-hydrogen) atoms. The molecule has 3 aromatic rings. The minimum Gasteiger partial charge on any atom is -0.234 e. The lowest BCUT2D eigenvalue weighted by atomic mass is 10.1. The van der Waals surface area contributed by atoms with Crippen LogP contribution in [0.3, 0.4) is 0 Å². The molecule has 0 spiro atoms. The second kappa shape index (κ2) is 6.61. The maximum absolute atomic E-state index is 13.1. The monoisotopic (exact) mass is 383 g/mol. The first-order valence-corrected chi connectivity index (χ1v) is 9.82. The minimum atomic E-state index is -3.35. The van der Waals surface area contributed by atoms with Crippen molar-refractivity contribution in [1.82, 2.24) is 4.98 Å². The molecule has 1 aromatic heterocycles. The maximum atomic E-state index is 13.1. The van der Waals surface area contributed by atoms with Crippen molar-refractivity contribution in [2.75, 3.05) is 6.26 Å². The molecule has 0 radical (unpaired) electrons. The third-order valence-corrected chi connectivity index (χ3v) is 5.73. The molecule has 3 nitrogen and oxygen atoms in total. The second-order valence-electron chi connectivity index (χ2n) is 5.33. The lowest BCUT2D eigenvalue weighted by Gasteiger charge is -2.04. The first-order valence-electron chi connectivity index (χ1n) is 7.11. The molecule has 0 saturated carbocycles. The van der Waals surface area contributed by atoms with Gasteiger partial charge in [-0.25, -0.2) is 26.6 Å². The lowest BCUT2D eigenvalue weighted by molar-refractivity contribution is 0.151. The molecule has 0 fully saturated rings. The van der Waals surface area contributed by atoms with Crippen molar-refractivity contribution < 1.29 is 21.6 Å². The molecular formula is C17H12F3NO2S2. The van der Waals surface area contributed by atoms with E-state index in [0.29, 0.717) is 21.7 Å². The molecule has 0 N–H and O–H groups in total. The Morgan fingerprint density at radius 2 is 1.52 bits per heavy atom. The van der Waals surface area contributed by atoms with Crippen LogP contribution < -0.4 is 0 Å². The normalized spacial score (nSPS) is 11.9. The van der Waals surface area contributed by atoms with Crippen LogP contribution in [0.1, 0.15) is 11.4 Å². The topological polar surface area (TPSA) is 47.0 Å². The van der Waals surface area contributed by atoms with E-state index in [0.717, 1.165) is 17.6 Å². The van der Waals surface area contributed by atoms with Crippen LogP contribution in [0.5, 0.6) is 0 Å². The number of hydrogen-bond donors (Lipinski definition) is 0. The molecule has 0 bridgehead atoms. The van der Waals surface area contributed by atoms with Crippen LogP contribution in [0.25, 0.3) is 21.7 Å². The van der Waals surface area contributed by atoms with E-state index in [1.807, 2.05) is 0 Å². The molecule has 0 saturated heterocycles. The van der Waals surface area contributed by atoms with E-state index >= 15 is 0 Å². The van der Waals surface area contributed by atoms with E-state index in [1.54, 1.807) is 12.1 Å². The van der Waals surface area contributed by atoms with Gasteiger partial charge in [0.2, 0.25) is 0 Å². The number of aromatic nitrogens is 1. The highest BCUT2D eigenvalue weighted by Crippen LogP contribution is 2.40. The van der Waals surface area contributed by atoms with Gasteiger partial charge >= 0.3 is 0 Å². The summed E-state index contributed by atoms with van der Waals surface area (Å²) in [6.45, 7) is 0. The van der Waals surface area contributed by atoms with Gasteiger partial charge in [-0.1, -0.05) is 12.1 Å². The maximum Gasteiger partial charge on any atom is 0.289 e. The predicted molar refractivity (Wildman–Crippen MR) is 91.0 cm³/mol. The van der Waals surface area contributed by atoms with Crippen molar-refractivity contribution in [3.05, 3.63) is 59.4 Å². The highest BCUT2D eigenvalue weighted by atomic mass is 32.2. The highest BCUT2D eigenvalue weighted by molar-refractivity contribution is 7.90. The molecule has 8 heteroatoms. The molecule has 3 rings (SSSR count). The number of sulfone groups is 1. The minimum absolute atomic E-state index is 0.137. The van der Waals surface area contributed by atoms with Gasteiger partial charge in [-0.3, -0.25) is 0 Å². The third-order valence-electron chi connectivity index (χ3n) is 3.49. The molecule has 0 unspecified atom stereocenters. The number of alkyl halides is 2. The van der Waals surface area contributed by atoms with E-state index in [2.05, 4.69) is 4.98 Å². The van der Waals surface area contributed by atoms with Crippen LogP contribution in [-0.2, 0) is 9.84 Å². The van der Waals surface area contributed by atoms with E-state index in [4.69, 9.17) is 0 Å². The van der Waals surface area contributed by atoms with Gasteiger partial charge in [0.1, 0.15) is 5.82 Å². The summed E-state index contributed by atoms with van der Waals surface area (Å²) in [6.07, 6.45) is -1.64. The average Bonchev–Trinajstić information content (AvgIpc) is 3.00. The second-order valence-corrected chi connectivity index (χ2v) is 8.38. The van der Waals surface area contributed by atoms with Gasteiger partial charge in [0.15, 0.2) is 14.8 Å². The van der Waals surface area contributed by atoms with Gasteiger partial charge in [-0.05, 0) is 42.0 Å². The summed E-state index contributed by atoms with van der Waals surface area (Å²) in [5, 5.41) is -0.346. The number of benzene rings is 2. The number of halogens is 3. The Bertz CT molecular complexity index is 995. The molecule has 0 aliphatic rings. The highest BCUT2D eigenvalue weighted by Gasteiger charge is 2.20. The largest absolute Gasteiger partial charge is 0.289 e. The zero-order valence-corrected chi connectivity index (χ0v) is 14.5. The van der Waals surface area contributed by atoms with E-state index < -0.39 is 22.1 Å². The van der Waals surface area contributed by atoms with Gasteiger partial charge in [-0.2, -0.15) is 0 Å². The fourth-order valence-electron chi connectivity index (χ4n) is 2.28. The molecule has 0 amide bonds. The van der Waals surface area contributed by atoms with Crippen LogP contribution in [0, 0.1) is 5.82 Å². The average molecular weight is 383 g/mol. The Balaban J connectivity index is 2.13. The van der Waals surface area contributed by atoms with Crippen molar-refractivity contribution in [3.63, 3.8) is 0 Å². The van der Waals surface area contributed by atoms with Gasteiger partial charge in [0, 0.05) is 11.8 Å². The summed E-state index contributed by atoms with van der Waals surface area (Å²) >= 11 is 0.829. The standard InChI is InChI=1S/C17H12F3NO2S2/c1-25(22,23)13-8-4-11(5-9-13)15-14(21-17(24-15)16(19)20)10-2-6-12(18)7-3-10/h2-9,16H,1H3. The molecule has 130 valence electrons. The third kappa shape index (κ3) is 3.74. The summed E-state index contributed by atoms with van der Waals surface area (Å²) in [5.41, 5.74) is 1.38. The van der Waals surface area contributed by atoms with Gasteiger partial charge in [0.05, 0.1) is 15.5 Å². The van der Waals surface area contributed by atoms with Crippen molar-refractivity contribution >= 4 is 21.2 Å². The SMILES string of the molecule is CS(=O)(=O)c1ccc(-c2sc(C(F)F)nc2-c2ccc(F)cc2)cc1. The van der Waals surface area contributed by atoms with Gasteiger partial charge < -0.3 is 0 Å². The summed E-state index contributed by atoms with van der Waals surface area (Å²) in [5.74, 6) is -0.438. The van der Waals surface area contributed by atoms with Gasteiger partial charge in [-0.15, -0.1) is 11.3 Å². The van der Waals surface area contributed by atoms with Crippen molar-refractivity contribution in [2.45, 2.75) is 11.3 Å². The Hall–Kier alpha value is -2.19. The molecule has 0 aliphatic carbocycles. The smallest absolute Gasteiger partial charge is 0.234 e. The molecule has 2 aromatic carbocycles. The first-order chi connectivity index (χ1) is 11.8.